The molecule has 0 spiro atoms. The Bertz CT molecular complexity index is 437. The van der Waals surface area contributed by atoms with Gasteiger partial charge in [0.25, 0.3) is 0 Å². The maximum Gasteiger partial charge on any atom is 0.337 e. The van der Waals surface area contributed by atoms with Crippen LogP contribution in [0, 0.1) is 5.82 Å². The second-order valence-electron chi connectivity index (χ2n) is 3.99. The van der Waals surface area contributed by atoms with E-state index in [0.29, 0.717) is 13.2 Å². The molecule has 3 N–H and O–H groups in total. The first-order valence-electron chi connectivity index (χ1n) is 6.09. The van der Waals surface area contributed by atoms with Crippen LogP contribution in [0.15, 0.2) is 12.1 Å². The fraction of sp³-hybridized carbons (Fsp3) is 0.462. The van der Waals surface area contributed by atoms with Gasteiger partial charge in [-0.3, -0.25) is 0 Å². The van der Waals surface area contributed by atoms with Crippen LogP contribution in [-0.4, -0.2) is 30.9 Å². The minimum absolute atomic E-state index is 0.128. The Morgan fingerprint density at radius 3 is 2.74 bits per heavy atom. The molecule has 0 unspecified atom stereocenters. The molecule has 0 amide bonds. The molecule has 1 rings (SSSR count). The van der Waals surface area contributed by atoms with Gasteiger partial charge in [-0.25, -0.2) is 9.18 Å². The molecule has 0 aromatic heterocycles. The van der Waals surface area contributed by atoms with Gasteiger partial charge in [0.1, 0.15) is 6.61 Å². The van der Waals surface area contributed by atoms with E-state index in [1.54, 1.807) is 0 Å². The summed E-state index contributed by atoms with van der Waals surface area (Å²) in [5, 5.41) is 8.87. The molecule has 0 atom stereocenters. The number of benzene rings is 1. The van der Waals surface area contributed by atoms with Crippen LogP contribution in [0.2, 0.25) is 0 Å². The molecule has 0 fully saturated rings. The molecule has 0 bridgehead atoms. The van der Waals surface area contributed by atoms with Gasteiger partial charge in [-0.1, -0.05) is 13.3 Å². The van der Waals surface area contributed by atoms with Crippen molar-refractivity contribution in [2.45, 2.75) is 19.8 Å². The van der Waals surface area contributed by atoms with Crippen molar-refractivity contribution in [2.24, 2.45) is 0 Å². The van der Waals surface area contributed by atoms with Gasteiger partial charge >= 0.3 is 5.97 Å². The third kappa shape index (κ3) is 4.75. The molecule has 0 radical (unpaired) electrons. The molecule has 5 nitrogen and oxygen atoms in total. The van der Waals surface area contributed by atoms with Crippen LogP contribution in [-0.2, 0) is 4.74 Å². The number of carbonyl (C=O) groups is 1. The summed E-state index contributed by atoms with van der Waals surface area (Å²) in [6, 6.07) is 2.02. The molecule has 1 aromatic rings. The lowest BCUT2D eigenvalue weighted by molar-refractivity contribution is 0.0697. The van der Waals surface area contributed by atoms with E-state index in [-0.39, 0.29) is 23.6 Å². The fourth-order valence-electron chi connectivity index (χ4n) is 1.42. The van der Waals surface area contributed by atoms with Crippen molar-refractivity contribution in [3.63, 3.8) is 0 Å². The molecule has 0 aliphatic rings. The summed E-state index contributed by atoms with van der Waals surface area (Å²) in [4.78, 5) is 10.9. The average molecular weight is 271 g/mol. The normalized spacial score (nSPS) is 10.4. The molecule has 0 saturated carbocycles. The van der Waals surface area contributed by atoms with Gasteiger partial charge in [-0.15, -0.1) is 0 Å². The van der Waals surface area contributed by atoms with Gasteiger partial charge in [0.2, 0.25) is 0 Å². The number of aromatic carboxylic acids is 1. The van der Waals surface area contributed by atoms with E-state index in [2.05, 4.69) is 6.92 Å². The third-order valence-corrected chi connectivity index (χ3v) is 2.46. The summed E-state index contributed by atoms with van der Waals surface area (Å²) >= 11 is 0. The molecule has 0 saturated heterocycles. The lowest BCUT2D eigenvalue weighted by atomic mass is 10.1. The van der Waals surface area contributed by atoms with Gasteiger partial charge in [0, 0.05) is 18.4 Å². The molecule has 19 heavy (non-hydrogen) atoms. The number of nitrogens with two attached hydrogens (primary N) is 1. The highest BCUT2D eigenvalue weighted by Gasteiger charge is 2.14. The maximum atomic E-state index is 13.5. The van der Waals surface area contributed by atoms with Gasteiger partial charge in [-0.2, -0.15) is 0 Å². The van der Waals surface area contributed by atoms with Crippen LogP contribution in [0.5, 0.6) is 5.75 Å². The molecule has 0 heterocycles. The van der Waals surface area contributed by atoms with Gasteiger partial charge in [0.05, 0.1) is 12.2 Å². The highest BCUT2D eigenvalue weighted by molar-refractivity contribution is 5.94. The Kier molecular flexibility index (Phi) is 6.08. The summed E-state index contributed by atoms with van der Waals surface area (Å²) in [7, 11) is 0. The molecular weight excluding hydrogens is 253 g/mol. The van der Waals surface area contributed by atoms with Gasteiger partial charge in [-0.05, 0) is 12.5 Å². The number of carboxylic acids is 1. The smallest absolute Gasteiger partial charge is 0.337 e. The Morgan fingerprint density at radius 1 is 1.37 bits per heavy atom. The molecule has 1 aromatic carbocycles. The van der Waals surface area contributed by atoms with Crippen molar-refractivity contribution in [1.82, 2.24) is 0 Å². The zero-order valence-corrected chi connectivity index (χ0v) is 10.8. The Hall–Kier alpha value is -1.82. The van der Waals surface area contributed by atoms with Crippen molar-refractivity contribution in [2.75, 3.05) is 25.6 Å². The minimum atomic E-state index is -1.22. The number of anilines is 1. The molecule has 0 aliphatic carbocycles. The highest BCUT2D eigenvalue weighted by atomic mass is 19.1. The van der Waals surface area contributed by atoms with E-state index >= 15 is 0 Å². The molecular formula is C13H18FNO4. The van der Waals surface area contributed by atoms with Crippen LogP contribution >= 0.6 is 0 Å². The zero-order valence-electron chi connectivity index (χ0n) is 10.8. The zero-order chi connectivity index (χ0) is 14.3. The van der Waals surface area contributed by atoms with Crippen molar-refractivity contribution < 1.29 is 23.8 Å². The fourth-order valence-corrected chi connectivity index (χ4v) is 1.42. The predicted molar refractivity (Wildman–Crippen MR) is 69.0 cm³/mol. The Morgan fingerprint density at radius 2 is 2.11 bits per heavy atom. The predicted octanol–water partition coefficient (Wildman–Crippen LogP) is 2.30. The second-order valence-corrected chi connectivity index (χ2v) is 3.99. The number of halogens is 1. The summed E-state index contributed by atoms with van der Waals surface area (Å²) in [6.45, 7) is 3.16. The SMILES string of the molecule is CCCCOCCOc1cc(C(=O)O)c(N)cc1F. The lowest BCUT2D eigenvalue weighted by Crippen LogP contribution is -2.10. The summed E-state index contributed by atoms with van der Waals surface area (Å²) in [5.74, 6) is -2.04. The number of hydrogen-bond donors (Lipinski definition) is 2. The second kappa shape index (κ2) is 7.58. The van der Waals surface area contributed by atoms with E-state index in [1.165, 1.54) is 0 Å². The highest BCUT2D eigenvalue weighted by Crippen LogP contribution is 2.24. The average Bonchev–Trinajstić information content (AvgIpc) is 2.35. The van der Waals surface area contributed by atoms with Crippen LogP contribution < -0.4 is 10.5 Å². The number of ether oxygens (including phenoxy) is 2. The number of rotatable bonds is 8. The lowest BCUT2D eigenvalue weighted by Gasteiger charge is -2.10. The van der Waals surface area contributed by atoms with E-state index in [1.807, 2.05) is 0 Å². The number of carboxylic acid groups (broad SMARTS) is 1. The topological polar surface area (TPSA) is 81.8 Å². The quantitative estimate of drug-likeness (QED) is 0.560. The molecule has 106 valence electrons. The van der Waals surface area contributed by atoms with Crippen molar-refractivity contribution >= 4 is 11.7 Å². The van der Waals surface area contributed by atoms with Crippen molar-refractivity contribution in [3.8, 4) is 5.75 Å². The van der Waals surface area contributed by atoms with Gasteiger partial charge < -0.3 is 20.3 Å². The van der Waals surface area contributed by atoms with E-state index in [4.69, 9.17) is 20.3 Å². The van der Waals surface area contributed by atoms with Crippen LogP contribution in [0.3, 0.4) is 0 Å². The first kappa shape index (κ1) is 15.2. The van der Waals surface area contributed by atoms with Crippen LogP contribution in [0.1, 0.15) is 30.1 Å². The van der Waals surface area contributed by atoms with Crippen LogP contribution in [0.25, 0.3) is 0 Å². The summed E-state index contributed by atoms with van der Waals surface area (Å²) < 4.78 is 23.9. The minimum Gasteiger partial charge on any atom is -0.488 e. The maximum absolute atomic E-state index is 13.5. The monoisotopic (exact) mass is 271 g/mol. The van der Waals surface area contributed by atoms with Crippen molar-refractivity contribution in [3.05, 3.63) is 23.5 Å². The summed E-state index contributed by atoms with van der Waals surface area (Å²) in [5.41, 5.74) is 5.09. The molecule has 6 heteroatoms. The Labute approximate surface area is 111 Å². The number of unbranched alkanes of at least 4 members (excludes halogenated alkanes) is 1. The van der Waals surface area contributed by atoms with Crippen LogP contribution in [0.4, 0.5) is 10.1 Å². The van der Waals surface area contributed by atoms with E-state index in [0.717, 1.165) is 25.0 Å². The third-order valence-electron chi connectivity index (χ3n) is 2.46. The van der Waals surface area contributed by atoms with E-state index < -0.39 is 11.8 Å². The molecule has 0 aliphatic heterocycles. The van der Waals surface area contributed by atoms with Crippen molar-refractivity contribution in [1.29, 1.82) is 0 Å². The number of nitrogen functional groups attached to an aromatic ring is 1. The summed E-state index contributed by atoms with van der Waals surface area (Å²) in [6.07, 6.45) is 1.99. The first-order chi connectivity index (χ1) is 9.06. The standard InChI is InChI=1S/C13H18FNO4/c1-2-3-4-18-5-6-19-12-7-9(13(16)17)11(15)8-10(12)14/h7-8H,2-6,15H2,1H3,(H,16,17). The largest absolute Gasteiger partial charge is 0.488 e. The Balaban J connectivity index is 2.53. The number of hydrogen-bond acceptors (Lipinski definition) is 4. The van der Waals surface area contributed by atoms with Gasteiger partial charge in [0.15, 0.2) is 11.6 Å². The van der Waals surface area contributed by atoms with E-state index in [9.17, 15) is 9.18 Å². The first-order valence-corrected chi connectivity index (χ1v) is 6.09.